The van der Waals surface area contributed by atoms with Crippen LogP contribution >= 0.6 is 0 Å². The second-order valence-corrected chi connectivity index (χ2v) is 5.78. The van der Waals surface area contributed by atoms with Gasteiger partial charge in [0.15, 0.2) is 0 Å². The molecule has 0 spiro atoms. The van der Waals surface area contributed by atoms with Crippen molar-refractivity contribution in [3.8, 4) is 0 Å². The highest BCUT2D eigenvalue weighted by Gasteiger charge is 2.25. The van der Waals surface area contributed by atoms with Crippen LogP contribution in [0.5, 0.6) is 0 Å². The molecule has 0 aliphatic carbocycles. The molecule has 0 aliphatic heterocycles. The second kappa shape index (κ2) is 8.49. The van der Waals surface area contributed by atoms with Gasteiger partial charge < -0.3 is 19.5 Å². The predicted molar refractivity (Wildman–Crippen MR) is 75.6 cm³/mol. The van der Waals surface area contributed by atoms with Crippen LogP contribution in [0.15, 0.2) is 0 Å². The molecule has 0 heterocycles. The van der Waals surface area contributed by atoms with Gasteiger partial charge in [0.2, 0.25) is 0 Å². The van der Waals surface area contributed by atoms with Crippen LogP contribution < -0.4 is 5.32 Å². The van der Waals surface area contributed by atoms with Gasteiger partial charge in [-0.05, 0) is 27.2 Å². The molecule has 2 atom stereocenters. The summed E-state index contributed by atoms with van der Waals surface area (Å²) in [4.78, 5) is 34.6. The molecule has 0 bridgehead atoms. The van der Waals surface area contributed by atoms with E-state index in [1.165, 1.54) is 14.2 Å². The van der Waals surface area contributed by atoms with E-state index in [1.807, 2.05) is 0 Å². The summed E-state index contributed by atoms with van der Waals surface area (Å²) < 4.78 is 14.3. The van der Waals surface area contributed by atoms with Crippen molar-refractivity contribution in [1.29, 1.82) is 0 Å². The summed E-state index contributed by atoms with van der Waals surface area (Å²) in [6, 6.07) is -0.568. The third kappa shape index (κ3) is 8.88. The Hall–Kier alpha value is -1.79. The number of hydrogen-bond donors (Lipinski definition) is 1. The predicted octanol–water partition coefficient (Wildman–Crippen LogP) is 1.64. The van der Waals surface area contributed by atoms with Gasteiger partial charge in [-0.2, -0.15) is 0 Å². The Balaban J connectivity index is 4.70. The molecule has 0 aromatic rings. The van der Waals surface area contributed by atoms with Crippen LogP contribution in [0.2, 0.25) is 0 Å². The number of nitrogens with one attached hydrogen (secondary N) is 1. The lowest BCUT2D eigenvalue weighted by atomic mass is 9.99. The fourth-order valence-corrected chi connectivity index (χ4v) is 1.68. The first-order chi connectivity index (χ1) is 9.58. The zero-order chi connectivity index (χ0) is 16.6. The van der Waals surface area contributed by atoms with Crippen molar-refractivity contribution in [1.82, 2.24) is 5.32 Å². The van der Waals surface area contributed by atoms with E-state index in [-0.39, 0.29) is 12.8 Å². The van der Waals surface area contributed by atoms with Gasteiger partial charge in [0, 0.05) is 6.04 Å². The van der Waals surface area contributed by atoms with Crippen molar-refractivity contribution in [3.05, 3.63) is 0 Å². The Morgan fingerprint density at radius 3 is 2.10 bits per heavy atom. The van der Waals surface area contributed by atoms with Crippen molar-refractivity contribution < 1.29 is 28.6 Å². The average Bonchev–Trinajstić information content (AvgIpc) is 2.34. The molecule has 0 aromatic heterocycles. The zero-order valence-corrected chi connectivity index (χ0v) is 13.5. The highest BCUT2D eigenvalue weighted by molar-refractivity contribution is 5.74. The number of carbonyl (C=O) groups excluding carboxylic acids is 3. The summed E-state index contributed by atoms with van der Waals surface area (Å²) in [5.74, 6) is -1.34. The molecule has 1 amide bonds. The van der Waals surface area contributed by atoms with E-state index in [2.05, 4.69) is 14.8 Å². The van der Waals surface area contributed by atoms with Crippen LogP contribution in [-0.4, -0.2) is 43.9 Å². The molecule has 0 rings (SSSR count). The third-order valence-corrected chi connectivity index (χ3v) is 2.60. The van der Waals surface area contributed by atoms with Gasteiger partial charge in [0.1, 0.15) is 5.60 Å². The van der Waals surface area contributed by atoms with Gasteiger partial charge in [0.25, 0.3) is 0 Å². The molecule has 0 aliphatic rings. The number of amides is 1. The van der Waals surface area contributed by atoms with Gasteiger partial charge in [-0.1, -0.05) is 6.92 Å². The molecule has 0 saturated heterocycles. The van der Waals surface area contributed by atoms with Gasteiger partial charge in [-0.3, -0.25) is 9.59 Å². The Bertz CT molecular complexity index is 374. The highest BCUT2D eigenvalue weighted by Crippen LogP contribution is 2.13. The molecule has 0 saturated carbocycles. The first kappa shape index (κ1) is 19.2. The van der Waals surface area contributed by atoms with Gasteiger partial charge in [-0.15, -0.1) is 0 Å². The number of hydrogen-bond acceptors (Lipinski definition) is 6. The zero-order valence-electron chi connectivity index (χ0n) is 13.5. The van der Waals surface area contributed by atoms with Crippen LogP contribution in [0.25, 0.3) is 0 Å². The van der Waals surface area contributed by atoms with Crippen LogP contribution in [0, 0.1) is 5.92 Å². The molecular weight excluding hydrogens is 278 g/mol. The van der Waals surface area contributed by atoms with Crippen molar-refractivity contribution in [3.63, 3.8) is 0 Å². The lowest BCUT2D eigenvalue weighted by Gasteiger charge is -2.24. The maximum atomic E-state index is 11.8. The largest absolute Gasteiger partial charge is 0.469 e. The molecule has 2 unspecified atom stereocenters. The molecule has 0 aromatic carbocycles. The third-order valence-electron chi connectivity index (χ3n) is 2.60. The summed E-state index contributed by atoms with van der Waals surface area (Å²) in [6.07, 6.45) is -0.438. The monoisotopic (exact) mass is 303 g/mol. The van der Waals surface area contributed by atoms with Gasteiger partial charge >= 0.3 is 18.0 Å². The van der Waals surface area contributed by atoms with Crippen molar-refractivity contribution in [2.75, 3.05) is 14.2 Å². The summed E-state index contributed by atoms with van der Waals surface area (Å²) in [7, 11) is 2.55. The van der Waals surface area contributed by atoms with Crippen molar-refractivity contribution in [2.45, 2.75) is 52.2 Å². The van der Waals surface area contributed by atoms with Crippen molar-refractivity contribution in [2.24, 2.45) is 5.92 Å². The van der Waals surface area contributed by atoms with E-state index in [1.54, 1.807) is 27.7 Å². The fourth-order valence-electron chi connectivity index (χ4n) is 1.68. The summed E-state index contributed by atoms with van der Waals surface area (Å²) >= 11 is 0. The quantitative estimate of drug-likeness (QED) is 0.592. The minimum absolute atomic E-state index is 0.0446. The molecule has 0 radical (unpaired) electrons. The maximum absolute atomic E-state index is 11.8. The van der Waals surface area contributed by atoms with Crippen LogP contribution in [0.4, 0.5) is 4.79 Å². The lowest BCUT2D eigenvalue weighted by Crippen LogP contribution is -2.41. The van der Waals surface area contributed by atoms with E-state index in [0.717, 1.165) is 0 Å². The van der Waals surface area contributed by atoms with E-state index in [9.17, 15) is 14.4 Å². The van der Waals surface area contributed by atoms with Gasteiger partial charge in [-0.25, -0.2) is 4.79 Å². The SMILES string of the molecule is COC(=O)CC(CC(C)C(=O)OC)NC(=O)OC(C)(C)C. The van der Waals surface area contributed by atoms with Crippen LogP contribution in [0.1, 0.15) is 40.5 Å². The molecule has 7 heteroatoms. The Morgan fingerprint density at radius 2 is 1.67 bits per heavy atom. The number of methoxy groups -OCH3 is 2. The fraction of sp³-hybridized carbons (Fsp3) is 0.786. The summed E-state index contributed by atoms with van der Waals surface area (Å²) in [5.41, 5.74) is -0.645. The van der Waals surface area contributed by atoms with E-state index < -0.39 is 35.6 Å². The standard InChI is InChI=1S/C14H25NO6/c1-9(12(17)20-6)7-10(8-11(16)19-5)15-13(18)21-14(2,3)4/h9-10H,7-8H2,1-6H3,(H,15,18). The lowest BCUT2D eigenvalue weighted by molar-refractivity contribution is -0.146. The highest BCUT2D eigenvalue weighted by atomic mass is 16.6. The minimum Gasteiger partial charge on any atom is -0.469 e. The minimum atomic E-state index is -0.645. The van der Waals surface area contributed by atoms with E-state index >= 15 is 0 Å². The number of ether oxygens (including phenoxy) is 3. The average molecular weight is 303 g/mol. The van der Waals surface area contributed by atoms with Crippen molar-refractivity contribution >= 4 is 18.0 Å². The Kier molecular flexibility index (Phi) is 7.76. The smallest absolute Gasteiger partial charge is 0.407 e. The van der Waals surface area contributed by atoms with E-state index in [4.69, 9.17) is 4.74 Å². The molecule has 0 fully saturated rings. The Morgan fingerprint density at radius 1 is 1.10 bits per heavy atom. The number of alkyl carbamates (subject to hydrolysis) is 1. The topological polar surface area (TPSA) is 90.9 Å². The number of carbonyl (C=O) groups is 3. The molecular formula is C14H25NO6. The second-order valence-electron chi connectivity index (χ2n) is 5.78. The van der Waals surface area contributed by atoms with E-state index in [0.29, 0.717) is 0 Å². The summed E-state index contributed by atoms with van der Waals surface area (Å²) in [5, 5.41) is 2.58. The normalized spacial score (nSPS) is 13.8. The Labute approximate surface area is 125 Å². The maximum Gasteiger partial charge on any atom is 0.407 e. The van der Waals surface area contributed by atoms with Crippen LogP contribution in [-0.2, 0) is 23.8 Å². The molecule has 122 valence electrons. The summed E-state index contributed by atoms with van der Waals surface area (Å²) in [6.45, 7) is 6.86. The molecule has 7 nitrogen and oxygen atoms in total. The first-order valence-electron chi connectivity index (χ1n) is 6.73. The number of esters is 2. The molecule has 21 heavy (non-hydrogen) atoms. The van der Waals surface area contributed by atoms with Crippen LogP contribution in [0.3, 0.4) is 0 Å². The number of rotatable bonds is 6. The molecule has 1 N–H and O–H groups in total. The first-order valence-corrected chi connectivity index (χ1v) is 6.73. The van der Waals surface area contributed by atoms with Gasteiger partial charge in [0.05, 0.1) is 26.6 Å².